The van der Waals surface area contributed by atoms with Gasteiger partial charge in [0.2, 0.25) is 0 Å². The van der Waals surface area contributed by atoms with E-state index in [0.717, 1.165) is 21.7 Å². The minimum Gasteiger partial charge on any atom is -0.0851 e. The molecule has 0 saturated heterocycles. The molecule has 2 rings (SSSR count). The number of allylic oxidation sites excluding steroid dienone is 2. The molecule has 1 saturated carbocycles. The van der Waals surface area contributed by atoms with Crippen LogP contribution < -0.4 is 0 Å². The molecule has 0 spiro atoms. The van der Waals surface area contributed by atoms with Gasteiger partial charge in [0.15, 0.2) is 0 Å². The molecule has 0 aromatic heterocycles. The van der Waals surface area contributed by atoms with E-state index in [1.165, 1.54) is 19.3 Å². The summed E-state index contributed by atoms with van der Waals surface area (Å²) in [5, 5.41) is 0. The van der Waals surface area contributed by atoms with Crippen molar-refractivity contribution in [1.29, 1.82) is 0 Å². The monoisotopic (exact) mass is 262 g/mol. The Bertz CT molecular complexity index is 174. The second kappa shape index (κ2) is 3.08. The van der Waals surface area contributed by atoms with Gasteiger partial charge < -0.3 is 0 Å². The minimum atomic E-state index is 0.924. The molecule has 1 fully saturated rings. The first-order valence-corrected chi connectivity index (χ1v) is 5.88. The lowest BCUT2D eigenvalue weighted by Crippen LogP contribution is -2.17. The van der Waals surface area contributed by atoms with Crippen LogP contribution >= 0.6 is 22.6 Å². The number of hydrogen-bond donors (Lipinski definition) is 0. The zero-order chi connectivity index (χ0) is 7.84. The number of fused-ring (bicyclic) bond motifs is 2. The molecule has 0 aliphatic heterocycles. The summed E-state index contributed by atoms with van der Waals surface area (Å²) in [5.41, 5.74) is 0. The van der Waals surface area contributed by atoms with Crippen molar-refractivity contribution in [3.63, 3.8) is 0 Å². The van der Waals surface area contributed by atoms with Gasteiger partial charge in [-0.25, -0.2) is 0 Å². The maximum Gasteiger partial charge on any atom is 0.0141 e. The standard InChI is InChI=1S/C10H15I/c1-2-10(11)9-6-7-3-4-8(9)5-7/h3-4,7-10H,2,5-6H2,1H3. The fourth-order valence-electron chi connectivity index (χ4n) is 2.54. The molecule has 0 amide bonds. The second-order valence-electron chi connectivity index (χ2n) is 3.87. The molecule has 0 nitrogen and oxygen atoms in total. The Morgan fingerprint density at radius 2 is 2.27 bits per heavy atom. The highest BCUT2D eigenvalue weighted by atomic mass is 127. The molecule has 0 aromatic carbocycles. The number of halogens is 1. The molecule has 2 aliphatic carbocycles. The third-order valence-electron chi connectivity index (χ3n) is 3.18. The highest BCUT2D eigenvalue weighted by Crippen LogP contribution is 2.47. The molecule has 1 heteroatoms. The Labute approximate surface area is 82.6 Å². The first kappa shape index (κ1) is 8.09. The first-order chi connectivity index (χ1) is 5.31. The first-order valence-electron chi connectivity index (χ1n) is 4.63. The zero-order valence-electron chi connectivity index (χ0n) is 6.96. The van der Waals surface area contributed by atoms with Gasteiger partial charge in [-0.05, 0) is 37.0 Å². The molecule has 0 heterocycles. The van der Waals surface area contributed by atoms with Crippen LogP contribution in [0, 0.1) is 17.8 Å². The Kier molecular flexibility index (Phi) is 2.26. The third-order valence-corrected chi connectivity index (χ3v) is 4.99. The summed E-state index contributed by atoms with van der Waals surface area (Å²) in [4.78, 5) is 0. The summed E-state index contributed by atoms with van der Waals surface area (Å²) in [6.07, 6.45) is 9.18. The van der Waals surface area contributed by atoms with E-state index in [1.54, 1.807) is 0 Å². The highest BCUT2D eigenvalue weighted by molar-refractivity contribution is 14.1. The van der Waals surface area contributed by atoms with E-state index in [4.69, 9.17) is 0 Å². The quantitative estimate of drug-likeness (QED) is 0.406. The summed E-state index contributed by atoms with van der Waals surface area (Å²) in [6, 6.07) is 0. The van der Waals surface area contributed by atoms with E-state index in [1.807, 2.05) is 0 Å². The summed E-state index contributed by atoms with van der Waals surface area (Å²) >= 11 is 2.63. The fourth-order valence-corrected chi connectivity index (χ4v) is 3.37. The van der Waals surface area contributed by atoms with Gasteiger partial charge >= 0.3 is 0 Å². The summed E-state index contributed by atoms with van der Waals surface area (Å²) in [6.45, 7) is 2.31. The molecule has 62 valence electrons. The zero-order valence-corrected chi connectivity index (χ0v) is 9.12. The van der Waals surface area contributed by atoms with Gasteiger partial charge in [0.05, 0.1) is 0 Å². The maximum absolute atomic E-state index is 2.63. The second-order valence-corrected chi connectivity index (χ2v) is 5.47. The van der Waals surface area contributed by atoms with Crippen molar-refractivity contribution in [3.8, 4) is 0 Å². The van der Waals surface area contributed by atoms with Gasteiger partial charge in [-0.3, -0.25) is 0 Å². The van der Waals surface area contributed by atoms with Gasteiger partial charge in [0, 0.05) is 3.92 Å². The van der Waals surface area contributed by atoms with Crippen LogP contribution in [0.25, 0.3) is 0 Å². The van der Waals surface area contributed by atoms with Crippen molar-refractivity contribution < 1.29 is 0 Å². The predicted octanol–water partition coefficient (Wildman–Crippen LogP) is 3.41. The van der Waals surface area contributed by atoms with Crippen molar-refractivity contribution in [2.45, 2.75) is 30.1 Å². The summed E-state index contributed by atoms with van der Waals surface area (Å²) in [5.74, 6) is 2.91. The van der Waals surface area contributed by atoms with Crippen LogP contribution in [-0.4, -0.2) is 3.92 Å². The van der Waals surface area contributed by atoms with Crippen LogP contribution in [0.2, 0.25) is 0 Å². The van der Waals surface area contributed by atoms with E-state index in [0.29, 0.717) is 0 Å². The Morgan fingerprint density at radius 1 is 1.45 bits per heavy atom. The largest absolute Gasteiger partial charge is 0.0851 e. The number of hydrogen-bond acceptors (Lipinski definition) is 0. The predicted molar refractivity (Wildman–Crippen MR) is 56.9 cm³/mol. The average molecular weight is 262 g/mol. The number of alkyl halides is 1. The molecular weight excluding hydrogens is 247 g/mol. The van der Waals surface area contributed by atoms with Crippen molar-refractivity contribution in [3.05, 3.63) is 12.2 Å². The van der Waals surface area contributed by atoms with Crippen LogP contribution in [0.5, 0.6) is 0 Å². The summed E-state index contributed by atoms with van der Waals surface area (Å²) < 4.78 is 0.924. The van der Waals surface area contributed by atoms with Crippen molar-refractivity contribution in [2.24, 2.45) is 17.8 Å². The molecule has 0 radical (unpaired) electrons. The van der Waals surface area contributed by atoms with Gasteiger partial charge in [-0.2, -0.15) is 0 Å². The molecule has 11 heavy (non-hydrogen) atoms. The molecule has 4 atom stereocenters. The van der Waals surface area contributed by atoms with E-state index < -0.39 is 0 Å². The van der Waals surface area contributed by atoms with Crippen LogP contribution in [0.4, 0.5) is 0 Å². The maximum atomic E-state index is 2.63. The van der Waals surface area contributed by atoms with Crippen molar-refractivity contribution in [1.82, 2.24) is 0 Å². The SMILES string of the molecule is CCC(I)C1CC2C=CC1C2. The minimum absolute atomic E-state index is 0.924. The van der Waals surface area contributed by atoms with Gasteiger partial charge in [0.1, 0.15) is 0 Å². The fraction of sp³-hybridized carbons (Fsp3) is 0.800. The smallest absolute Gasteiger partial charge is 0.0141 e. The molecule has 0 N–H and O–H groups in total. The van der Waals surface area contributed by atoms with Crippen LogP contribution in [-0.2, 0) is 0 Å². The van der Waals surface area contributed by atoms with Gasteiger partial charge in [-0.1, -0.05) is 41.7 Å². The topological polar surface area (TPSA) is 0 Å². The lowest BCUT2D eigenvalue weighted by Gasteiger charge is -2.22. The van der Waals surface area contributed by atoms with Gasteiger partial charge in [-0.15, -0.1) is 0 Å². The lowest BCUT2D eigenvalue weighted by atomic mass is 9.90. The summed E-state index contributed by atoms with van der Waals surface area (Å²) in [7, 11) is 0. The Hall–Kier alpha value is 0.470. The van der Waals surface area contributed by atoms with E-state index in [-0.39, 0.29) is 0 Å². The molecule has 4 unspecified atom stereocenters. The highest BCUT2D eigenvalue weighted by Gasteiger charge is 2.38. The Balaban J connectivity index is 2.02. The Morgan fingerprint density at radius 3 is 2.73 bits per heavy atom. The van der Waals surface area contributed by atoms with E-state index >= 15 is 0 Å². The van der Waals surface area contributed by atoms with E-state index in [9.17, 15) is 0 Å². The molecule has 0 aromatic rings. The van der Waals surface area contributed by atoms with Crippen molar-refractivity contribution >= 4 is 22.6 Å². The molecular formula is C10H15I. The molecule has 2 bridgehead atoms. The average Bonchev–Trinajstić information content (AvgIpc) is 2.62. The molecule has 2 aliphatic rings. The van der Waals surface area contributed by atoms with Crippen LogP contribution in [0.3, 0.4) is 0 Å². The van der Waals surface area contributed by atoms with Gasteiger partial charge in [0.25, 0.3) is 0 Å². The normalized spacial score (nSPS) is 43.3. The van der Waals surface area contributed by atoms with Crippen molar-refractivity contribution in [2.75, 3.05) is 0 Å². The van der Waals surface area contributed by atoms with Crippen LogP contribution in [0.1, 0.15) is 26.2 Å². The number of rotatable bonds is 2. The lowest BCUT2D eigenvalue weighted by molar-refractivity contribution is 0.435. The third kappa shape index (κ3) is 1.36. The van der Waals surface area contributed by atoms with Crippen LogP contribution in [0.15, 0.2) is 12.2 Å². The van der Waals surface area contributed by atoms with E-state index in [2.05, 4.69) is 41.7 Å².